The van der Waals surface area contributed by atoms with Gasteiger partial charge in [0.2, 0.25) is 6.79 Å². The van der Waals surface area contributed by atoms with Gasteiger partial charge in [0, 0.05) is 17.3 Å². The zero-order valence-electron chi connectivity index (χ0n) is 14.6. The normalized spacial score (nSPS) is 12.0. The Morgan fingerprint density at radius 3 is 2.56 bits per heavy atom. The molecule has 0 saturated heterocycles. The number of carbonyl (C=O) groups is 3. The smallest absolute Gasteiger partial charge is 0.331 e. The summed E-state index contributed by atoms with van der Waals surface area (Å²) in [5.41, 5.74) is 1.80. The minimum absolute atomic E-state index is 0.0592. The summed E-state index contributed by atoms with van der Waals surface area (Å²) in [7, 11) is 0. The minimum Gasteiger partial charge on any atom is -0.454 e. The second-order valence-electron chi connectivity index (χ2n) is 5.74. The van der Waals surface area contributed by atoms with Crippen LogP contribution in [0, 0.1) is 0 Å². The van der Waals surface area contributed by atoms with E-state index in [2.05, 4.69) is 5.32 Å². The molecule has 0 unspecified atom stereocenters. The highest BCUT2D eigenvalue weighted by Crippen LogP contribution is 2.32. The van der Waals surface area contributed by atoms with Crippen LogP contribution in [-0.4, -0.2) is 31.1 Å². The number of ketones is 1. The van der Waals surface area contributed by atoms with Crippen LogP contribution in [-0.2, 0) is 14.3 Å². The third-order valence-electron chi connectivity index (χ3n) is 3.73. The SMILES string of the molecule is CC(=O)c1ccc(NC(=O)COC(=O)/C=C/c2ccc3c(c2)OCO3)cc1. The molecule has 2 aromatic carbocycles. The Bertz CT molecular complexity index is 901. The number of nitrogens with one attached hydrogen (secondary N) is 1. The predicted molar refractivity (Wildman–Crippen MR) is 97.6 cm³/mol. The third kappa shape index (κ3) is 4.94. The topological polar surface area (TPSA) is 90.9 Å². The monoisotopic (exact) mass is 367 g/mol. The van der Waals surface area contributed by atoms with Gasteiger partial charge in [-0.25, -0.2) is 4.79 Å². The Morgan fingerprint density at radius 1 is 1.07 bits per heavy atom. The number of rotatable bonds is 6. The number of benzene rings is 2. The van der Waals surface area contributed by atoms with Crippen molar-refractivity contribution in [3.8, 4) is 11.5 Å². The van der Waals surface area contributed by atoms with E-state index in [1.807, 2.05) is 0 Å². The number of anilines is 1. The van der Waals surface area contributed by atoms with Crippen molar-refractivity contribution < 1.29 is 28.6 Å². The first-order chi connectivity index (χ1) is 13.0. The van der Waals surface area contributed by atoms with Crippen molar-refractivity contribution in [3.05, 3.63) is 59.7 Å². The molecule has 0 radical (unpaired) electrons. The summed E-state index contributed by atoms with van der Waals surface area (Å²) in [6.45, 7) is 1.22. The van der Waals surface area contributed by atoms with E-state index in [0.29, 0.717) is 22.7 Å². The molecule has 7 heteroatoms. The summed E-state index contributed by atoms with van der Waals surface area (Å²) in [6.07, 6.45) is 2.79. The molecule has 0 bridgehead atoms. The number of hydrogen-bond donors (Lipinski definition) is 1. The quantitative estimate of drug-likeness (QED) is 0.480. The fourth-order valence-electron chi connectivity index (χ4n) is 2.35. The fraction of sp³-hybridized carbons (Fsp3) is 0.150. The van der Waals surface area contributed by atoms with E-state index < -0.39 is 18.5 Å². The number of fused-ring (bicyclic) bond motifs is 1. The number of esters is 1. The molecule has 1 heterocycles. The van der Waals surface area contributed by atoms with Gasteiger partial charge in [0.05, 0.1) is 0 Å². The zero-order chi connectivity index (χ0) is 19.2. The van der Waals surface area contributed by atoms with Crippen LogP contribution in [0.15, 0.2) is 48.5 Å². The van der Waals surface area contributed by atoms with Gasteiger partial charge in [0.25, 0.3) is 5.91 Å². The highest BCUT2D eigenvalue weighted by Gasteiger charge is 2.12. The molecule has 0 saturated carbocycles. The second kappa shape index (κ2) is 8.18. The molecule has 1 N–H and O–H groups in total. The van der Waals surface area contributed by atoms with Crippen molar-refractivity contribution in [1.82, 2.24) is 0 Å². The molecule has 0 atom stereocenters. The minimum atomic E-state index is -0.644. The molecule has 2 aromatic rings. The maximum Gasteiger partial charge on any atom is 0.331 e. The first-order valence-electron chi connectivity index (χ1n) is 8.16. The maximum absolute atomic E-state index is 11.8. The fourth-order valence-corrected chi connectivity index (χ4v) is 2.35. The highest BCUT2D eigenvalue weighted by molar-refractivity contribution is 5.96. The Morgan fingerprint density at radius 2 is 1.81 bits per heavy atom. The third-order valence-corrected chi connectivity index (χ3v) is 3.73. The molecule has 138 valence electrons. The summed E-state index contributed by atoms with van der Waals surface area (Å²) in [5, 5.41) is 2.58. The Labute approximate surface area is 155 Å². The lowest BCUT2D eigenvalue weighted by molar-refractivity contribution is -0.142. The van der Waals surface area contributed by atoms with Crippen molar-refractivity contribution >= 4 is 29.4 Å². The summed E-state index contributed by atoms with van der Waals surface area (Å²) in [6, 6.07) is 11.7. The van der Waals surface area contributed by atoms with Gasteiger partial charge in [0.1, 0.15) is 0 Å². The van der Waals surface area contributed by atoms with E-state index in [-0.39, 0.29) is 12.6 Å². The van der Waals surface area contributed by atoms with Crippen LogP contribution in [0.3, 0.4) is 0 Å². The largest absolute Gasteiger partial charge is 0.454 e. The van der Waals surface area contributed by atoms with E-state index in [1.165, 1.54) is 13.0 Å². The molecule has 1 aliphatic rings. The molecular formula is C20H17NO6. The lowest BCUT2D eigenvalue weighted by atomic mass is 10.1. The highest BCUT2D eigenvalue weighted by atomic mass is 16.7. The van der Waals surface area contributed by atoms with Crippen molar-refractivity contribution in [3.63, 3.8) is 0 Å². The number of Topliss-reactive ketones (excluding diaryl/α,β-unsaturated/α-hetero) is 1. The lowest BCUT2D eigenvalue weighted by Crippen LogP contribution is -2.20. The van der Waals surface area contributed by atoms with Gasteiger partial charge in [-0.05, 0) is 55.0 Å². The van der Waals surface area contributed by atoms with Gasteiger partial charge in [0.15, 0.2) is 23.9 Å². The Balaban J connectivity index is 1.47. The van der Waals surface area contributed by atoms with Gasteiger partial charge in [-0.15, -0.1) is 0 Å². The second-order valence-corrected chi connectivity index (χ2v) is 5.74. The van der Waals surface area contributed by atoms with E-state index in [0.717, 1.165) is 5.56 Å². The van der Waals surface area contributed by atoms with Gasteiger partial charge >= 0.3 is 5.97 Å². The molecule has 0 fully saturated rings. The molecule has 7 nitrogen and oxygen atoms in total. The summed E-state index contributed by atoms with van der Waals surface area (Å²) >= 11 is 0. The average Bonchev–Trinajstić information content (AvgIpc) is 3.13. The number of amides is 1. The van der Waals surface area contributed by atoms with Crippen molar-refractivity contribution in [2.24, 2.45) is 0 Å². The summed E-state index contributed by atoms with van der Waals surface area (Å²) < 4.78 is 15.4. The molecule has 1 aliphatic heterocycles. The molecule has 0 aromatic heterocycles. The van der Waals surface area contributed by atoms with Crippen LogP contribution < -0.4 is 14.8 Å². The van der Waals surface area contributed by atoms with Crippen molar-refractivity contribution in [2.45, 2.75) is 6.92 Å². The zero-order valence-corrected chi connectivity index (χ0v) is 14.6. The lowest BCUT2D eigenvalue weighted by Gasteiger charge is -2.06. The average molecular weight is 367 g/mol. The maximum atomic E-state index is 11.8. The Hall–Kier alpha value is -3.61. The van der Waals surface area contributed by atoms with Crippen LogP contribution in [0.4, 0.5) is 5.69 Å². The number of carbonyl (C=O) groups excluding carboxylic acids is 3. The van der Waals surface area contributed by atoms with Gasteiger partial charge < -0.3 is 19.5 Å². The first kappa shape index (κ1) is 18.2. The van der Waals surface area contributed by atoms with Gasteiger partial charge in [-0.3, -0.25) is 9.59 Å². The Kier molecular flexibility index (Phi) is 5.51. The van der Waals surface area contributed by atoms with E-state index in [1.54, 1.807) is 48.5 Å². The molecule has 1 amide bonds. The van der Waals surface area contributed by atoms with Crippen molar-refractivity contribution in [2.75, 3.05) is 18.7 Å². The number of hydrogen-bond acceptors (Lipinski definition) is 6. The molecule has 0 spiro atoms. The molecule has 0 aliphatic carbocycles. The van der Waals surface area contributed by atoms with Crippen LogP contribution in [0.1, 0.15) is 22.8 Å². The molecule has 3 rings (SSSR count). The summed E-state index contributed by atoms with van der Waals surface area (Å²) in [4.78, 5) is 34.8. The van der Waals surface area contributed by atoms with E-state index in [9.17, 15) is 14.4 Å². The number of ether oxygens (including phenoxy) is 3. The van der Waals surface area contributed by atoms with Crippen LogP contribution in [0.25, 0.3) is 6.08 Å². The van der Waals surface area contributed by atoms with E-state index >= 15 is 0 Å². The van der Waals surface area contributed by atoms with Crippen molar-refractivity contribution in [1.29, 1.82) is 0 Å². The molecular weight excluding hydrogens is 350 g/mol. The van der Waals surface area contributed by atoms with Gasteiger partial charge in [-0.1, -0.05) is 6.07 Å². The van der Waals surface area contributed by atoms with Crippen LogP contribution in [0.5, 0.6) is 11.5 Å². The predicted octanol–water partition coefficient (Wildman–Crippen LogP) is 2.81. The summed E-state index contributed by atoms with van der Waals surface area (Å²) in [5.74, 6) is 0.0876. The van der Waals surface area contributed by atoms with Crippen LogP contribution >= 0.6 is 0 Å². The van der Waals surface area contributed by atoms with Gasteiger partial charge in [-0.2, -0.15) is 0 Å². The molecule has 27 heavy (non-hydrogen) atoms. The standard InChI is InChI=1S/C20H17NO6/c1-13(22)15-4-6-16(7-5-15)21-19(23)11-25-20(24)9-3-14-2-8-17-18(10-14)27-12-26-17/h2-10H,11-12H2,1H3,(H,21,23)/b9-3+. The van der Waals surface area contributed by atoms with Crippen LogP contribution in [0.2, 0.25) is 0 Å². The van der Waals surface area contributed by atoms with E-state index in [4.69, 9.17) is 14.2 Å². The first-order valence-corrected chi connectivity index (χ1v) is 8.16.